The number of benzene rings is 3. The number of ketones is 2. The van der Waals surface area contributed by atoms with Gasteiger partial charge in [-0.05, 0) is 41.3 Å². The van der Waals surface area contributed by atoms with Crippen LogP contribution in [0, 0.1) is 17.7 Å². The van der Waals surface area contributed by atoms with Crippen LogP contribution in [0.1, 0.15) is 57.7 Å². The largest absolute Gasteiger partial charge is 0.349 e. The van der Waals surface area contributed by atoms with Gasteiger partial charge in [0, 0.05) is 11.1 Å². The van der Waals surface area contributed by atoms with Gasteiger partial charge in [0.1, 0.15) is 5.82 Å². The van der Waals surface area contributed by atoms with E-state index in [1.165, 1.54) is 24.3 Å². The molecule has 7 heteroatoms. The predicted octanol–water partition coefficient (Wildman–Crippen LogP) is 4.64. The predicted molar refractivity (Wildman–Crippen MR) is 128 cm³/mol. The highest BCUT2D eigenvalue weighted by atomic mass is 19.1. The molecule has 0 bridgehead atoms. The van der Waals surface area contributed by atoms with E-state index in [2.05, 4.69) is 13.8 Å². The molecular formula is C29H22FNO5. The van der Waals surface area contributed by atoms with E-state index in [1.54, 1.807) is 12.1 Å². The number of nitrogens with zero attached hydrogens (tertiary/aromatic N) is 1. The molecule has 3 aromatic carbocycles. The topological polar surface area (TPSA) is 80.8 Å². The third kappa shape index (κ3) is 2.86. The molecule has 2 aliphatic heterocycles. The highest BCUT2D eigenvalue weighted by Gasteiger charge is 2.74. The fourth-order valence-corrected chi connectivity index (χ4v) is 5.73. The molecular weight excluding hydrogens is 461 g/mol. The Kier molecular flexibility index (Phi) is 4.85. The quantitative estimate of drug-likeness (QED) is 0.400. The number of carbonyl (C=O) groups excluding carboxylic acids is 4. The van der Waals surface area contributed by atoms with Gasteiger partial charge < -0.3 is 4.74 Å². The van der Waals surface area contributed by atoms with Crippen LogP contribution >= 0.6 is 0 Å². The Morgan fingerprint density at radius 2 is 1.39 bits per heavy atom. The van der Waals surface area contributed by atoms with Crippen molar-refractivity contribution in [3.05, 3.63) is 101 Å². The number of fused-ring (bicyclic) bond motifs is 3. The summed E-state index contributed by atoms with van der Waals surface area (Å²) < 4.78 is 19.9. The molecule has 0 saturated carbocycles. The van der Waals surface area contributed by atoms with Gasteiger partial charge in [0.05, 0.1) is 23.6 Å². The minimum absolute atomic E-state index is 0.178. The van der Waals surface area contributed by atoms with Gasteiger partial charge in [0.15, 0.2) is 0 Å². The number of Topliss-reactive ketones (excluding diaryl/α,β-unsaturated/α-hetero) is 2. The van der Waals surface area contributed by atoms with Crippen molar-refractivity contribution in [2.45, 2.75) is 31.5 Å². The maximum absolute atomic E-state index is 13.8. The van der Waals surface area contributed by atoms with Crippen molar-refractivity contribution < 1.29 is 28.3 Å². The number of anilines is 1. The van der Waals surface area contributed by atoms with Gasteiger partial charge in [-0.1, -0.05) is 62.4 Å². The Labute approximate surface area is 206 Å². The van der Waals surface area contributed by atoms with Gasteiger partial charge in [-0.25, -0.2) is 9.29 Å². The lowest BCUT2D eigenvalue weighted by Gasteiger charge is -2.27. The zero-order valence-electron chi connectivity index (χ0n) is 19.6. The van der Waals surface area contributed by atoms with E-state index in [0.29, 0.717) is 5.56 Å². The summed E-state index contributed by atoms with van der Waals surface area (Å²) in [6.07, 6.45) is -0.986. The molecule has 3 aliphatic rings. The van der Waals surface area contributed by atoms with Gasteiger partial charge in [-0.3, -0.25) is 19.2 Å². The molecule has 6 rings (SSSR count). The molecule has 1 spiro atoms. The van der Waals surface area contributed by atoms with Crippen molar-refractivity contribution in [1.82, 2.24) is 0 Å². The molecule has 0 radical (unpaired) electrons. The Hall–Kier alpha value is -3.97. The van der Waals surface area contributed by atoms with E-state index < -0.39 is 52.7 Å². The zero-order chi connectivity index (χ0) is 25.4. The lowest BCUT2D eigenvalue weighted by Crippen LogP contribution is -2.51. The molecule has 0 aromatic heterocycles. The van der Waals surface area contributed by atoms with E-state index in [-0.39, 0.29) is 22.7 Å². The van der Waals surface area contributed by atoms with Crippen molar-refractivity contribution in [3.63, 3.8) is 0 Å². The van der Waals surface area contributed by atoms with Crippen molar-refractivity contribution >= 4 is 29.1 Å². The Morgan fingerprint density at radius 1 is 0.806 bits per heavy atom. The van der Waals surface area contributed by atoms with E-state index in [9.17, 15) is 23.6 Å². The van der Waals surface area contributed by atoms with E-state index in [1.807, 2.05) is 24.3 Å². The second-order valence-corrected chi connectivity index (χ2v) is 9.79. The van der Waals surface area contributed by atoms with Crippen LogP contribution < -0.4 is 4.90 Å². The number of halogens is 1. The standard InChI is InChI=1S/C29H22FNO5/c1-15(2)16-7-9-17(10-8-16)24-22-23(28(35)31(27(22)34)19-13-11-18(30)12-14-19)29(36-24)25(32)20-5-3-4-6-21(20)26(29)33/h3-15,22-24H,1-2H3/t22-,23-,24+/m0/s1. The minimum atomic E-state index is -2.13. The smallest absolute Gasteiger partial charge is 0.241 e. The molecule has 2 heterocycles. The molecule has 3 aromatic rings. The lowest BCUT2D eigenvalue weighted by atomic mass is 9.77. The average molecular weight is 483 g/mol. The van der Waals surface area contributed by atoms with Crippen LogP contribution in [0.25, 0.3) is 0 Å². The van der Waals surface area contributed by atoms with Gasteiger partial charge in [-0.2, -0.15) is 0 Å². The van der Waals surface area contributed by atoms with Crippen molar-refractivity contribution in [3.8, 4) is 0 Å². The highest BCUT2D eigenvalue weighted by Crippen LogP contribution is 2.57. The number of hydrogen-bond donors (Lipinski definition) is 0. The van der Waals surface area contributed by atoms with E-state index in [4.69, 9.17) is 4.74 Å². The molecule has 0 N–H and O–H groups in total. The van der Waals surface area contributed by atoms with Crippen molar-refractivity contribution in [2.24, 2.45) is 11.8 Å². The molecule has 1 aliphatic carbocycles. The summed E-state index contributed by atoms with van der Waals surface area (Å²) in [6, 6.07) is 18.8. The summed E-state index contributed by atoms with van der Waals surface area (Å²) in [6.45, 7) is 4.11. The summed E-state index contributed by atoms with van der Waals surface area (Å²) in [5, 5.41) is 0. The number of rotatable bonds is 3. The number of imide groups is 1. The molecule has 6 nitrogen and oxygen atoms in total. The Morgan fingerprint density at radius 3 is 1.94 bits per heavy atom. The van der Waals surface area contributed by atoms with Crippen LogP contribution in [0.3, 0.4) is 0 Å². The first kappa shape index (κ1) is 22.5. The average Bonchev–Trinajstić information content (AvgIpc) is 3.45. The number of amides is 2. The molecule has 2 saturated heterocycles. The fourth-order valence-electron chi connectivity index (χ4n) is 5.73. The lowest BCUT2D eigenvalue weighted by molar-refractivity contribution is -0.127. The Balaban J connectivity index is 1.52. The van der Waals surface area contributed by atoms with Crippen LogP contribution in [-0.4, -0.2) is 29.0 Å². The first-order valence-corrected chi connectivity index (χ1v) is 11.9. The SMILES string of the molecule is CC(C)c1ccc([C@H]2OC3(C(=O)c4ccccc4C3=O)[C@@H]3C(=O)N(c4ccc(F)cc4)C(=O)[C@H]23)cc1. The number of carbonyl (C=O) groups is 4. The third-order valence-corrected chi connectivity index (χ3v) is 7.54. The van der Waals surface area contributed by atoms with Gasteiger partial charge in [0.25, 0.3) is 0 Å². The normalized spacial score (nSPS) is 24.2. The molecule has 0 unspecified atom stereocenters. The maximum atomic E-state index is 13.8. The molecule has 2 fully saturated rings. The summed E-state index contributed by atoms with van der Waals surface area (Å²) in [7, 11) is 0. The fraction of sp³-hybridized carbons (Fsp3) is 0.241. The summed E-state index contributed by atoms with van der Waals surface area (Å²) >= 11 is 0. The molecule has 3 atom stereocenters. The summed E-state index contributed by atoms with van der Waals surface area (Å²) in [5.41, 5.74) is 0.0857. The minimum Gasteiger partial charge on any atom is -0.349 e. The van der Waals surface area contributed by atoms with Crippen LogP contribution in [0.2, 0.25) is 0 Å². The zero-order valence-corrected chi connectivity index (χ0v) is 19.6. The summed E-state index contributed by atoms with van der Waals surface area (Å²) in [4.78, 5) is 56.1. The molecule has 36 heavy (non-hydrogen) atoms. The highest BCUT2D eigenvalue weighted by molar-refractivity contribution is 6.37. The van der Waals surface area contributed by atoms with E-state index >= 15 is 0 Å². The first-order valence-electron chi connectivity index (χ1n) is 11.9. The van der Waals surface area contributed by atoms with Crippen LogP contribution in [0.15, 0.2) is 72.8 Å². The van der Waals surface area contributed by atoms with Crippen LogP contribution in [0.5, 0.6) is 0 Å². The van der Waals surface area contributed by atoms with Gasteiger partial charge in [0.2, 0.25) is 29.0 Å². The maximum Gasteiger partial charge on any atom is 0.241 e. The molecule has 180 valence electrons. The van der Waals surface area contributed by atoms with Crippen molar-refractivity contribution in [1.29, 1.82) is 0 Å². The second kappa shape index (κ2) is 7.77. The molecule has 2 amide bonds. The second-order valence-electron chi connectivity index (χ2n) is 9.79. The number of ether oxygens (including phenoxy) is 1. The summed E-state index contributed by atoms with van der Waals surface area (Å²) in [5.74, 6) is -5.17. The monoisotopic (exact) mass is 483 g/mol. The van der Waals surface area contributed by atoms with Crippen LogP contribution in [-0.2, 0) is 14.3 Å². The van der Waals surface area contributed by atoms with Crippen molar-refractivity contribution in [2.75, 3.05) is 4.90 Å². The Bertz CT molecular complexity index is 1410. The third-order valence-electron chi connectivity index (χ3n) is 7.54. The van der Waals surface area contributed by atoms with Crippen LogP contribution in [0.4, 0.5) is 10.1 Å². The number of hydrogen-bond acceptors (Lipinski definition) is 5. The first-order chi connectivity index (χ1) is 17.3. The van der Waals surface area contributed by atoms with E-state index in [0.717, 1.165) is 22.6 Å². The van der Waals surface area contributed by atoms with Gasteiger partial charge in [-0.15, -0.1) is 0 Å². The van der Waals surface area contributed by atoms with Gasteiger partial charge >= 0.3 is 0 Å².